The molecule has 0 unspecified atom stereocenters. The summed E-state index contributed by atoms with van der Waals surface area (Å²) in [6.07, 6.45) is 0. The fourth-order valence-electron chi connectivity index (χ4n) is 1.81. The van der Waals surface area contributed by atoms with Crippen LogP contribution >= 0.6 is 0 Å². The third-order valence-electron chi connectivity index (χ3n) is 2.80. The van der Waals surface area contributed by atoms with E-state index >= 15 is 0 Å². The van der Waals surface area contributed by atoms with E-state index in [2.05, 4.69) is 17.2 Å². The highest BCUT2D eigenvalue weighted by molar-refractivity contribution is 6.05. The van der Waals surface area contributed by atoms with E-state index in [0.717, 1.165) is 0 Å². The molecule has 1 amide bonds. The number of anilines is 1. The van der Waals surface area contributed by atoms with E-state index in [9.17, 15) is 4.79 Å². The van der Waals surface area contributed by atoms with Gasteiger partial charge in [0.15, 0.2) is 0 Å². The Bertz CT molecular complexity index is 684. The Hall–Kier alpha value is -2.77. The lowest BCUT2D eigenvalue weighted by Crippen LogP contribution is -2.12. The molecule has 0 aliphatic rings. The molecule has 0 saturated carbocycles. The van der Waals surface area contributed by atoms with Gasteiger partial charge in [0.1, 0.15) is 12.4 Å². The summed E-state index contributed by atoms with van der Waals surface area (Å²) in [6, 6.07) is 14.1. The highest BCUT2D eigenvalue weighted by Gasteiger charge is 2.09. The standard InChI is InChI=1S/C17H15NO3/c1-21-16-10-9-13(6-5-11-19)12-15(16)18-17(20)14-7-3-2-4-8-14/h2-4,7-10,12,19H,11H2,1H3,(H,18,20). The van der Waals surface area contributed by atoms with Gasteiger partial charge in [0.25, 0.3) is 5.91 Å². The van der Waals surface area contributed by atoms with Gasteiger partial charge in [0.05, 0.1) is 12.8 Å². The number of aliphatic hydroxyl groups excluding tert-OH is 1. The second-order valence-electron chi connectivity index (χ2n) is 4.20. The van der Waals surface area contributed by atoms with Crippen LogP contribution in [0, 0.1) is 11.8 Å². The van der Waals surface area contributed by atoms with Crippen molar-refractivity contribution in [3.05, 3.63) is 59.7 Å². The van der Waals surface area contributed by atoms with Gasteiger partial charge < -0.3 is 15.2 Å². The minimum absolute atomic E-state index is 0.211. The maximum Gasteiger partial charge on any atom is 0.255 e. The fraction of sp³-hybridized carbons (Fsp3) is 0.118. The summed E-state index contributed by atoms with van der Waals surface area (Å²) < 4.78 is 5.23. The molecular formula is C17H15NO3. The Morgan fingerprint density at radius 2 is 2.00 bits per heavy atom. The van der Waals surface area contributed by atoms with Crippen molar-refractivity contribution >= 4 is 11.6 Å². The van der Waals surface area contributed by atoms with Gasteiger partial charge in [-0.3, -0.25) is 4.79 Å². The maximum atomic E-state index is 12.2. The zero-order valence-electron chi connectivity index (χ0n) is 11.6. The van der Waals surface area contributed by atoms with E-state index in [1.165, 1.54) is 7.11 Å². The van der Waals surface area contributed by atoms with Crippen LogP contribution in [0.3, 0.4) is 0 Å². The van der Waals surface area contributed by atoms with Gasteiger partial charge in [-0.05, 0) is 30.3 Å². The maximum absolute atomic E-state index is 12.2. The van der Waals surface area contributed by atoms with Gasteiger partial charge in [0.2, 0.25) is 0 Å². The molecule has 2 aromatic rings. The quantitative estimate of drug-likeness (QED) is 0.849. The SMILES string of the molecule is COc1ccc(C#CCO)cc1NC(=O)c1ccccc1. The minimum Gasteiger partial charge on any atom is -0.495 e. The van der Waals surface area contributed by atoms with Gasteiger partial charge in [-0.15, -0.1) is 0 Å². The number of aliphatic hydroxyl groups is 1. The molecule has 106 valence electrons. The monoisotopic (exact) mass is 281 g/mol. The van der Waals surface area contributed by atoms with Crippen LogP contribution in [0.15, 0.2) is 48.5 Å². The number of hydrogen-bond donors (Lipinski definition) is 2. The number of ether oxygens (including phenoxy) is 1. The number of amides is 1. The van der Waals surface area contributed by atoms with E-state index in [4.69, 9.17) is 9.84 Å². The van der Waals surface area contributed by atoms with Crippen LogP contribution in [0.5, 0.6) is 5.75 Å². The Labute approximate surface area is 123 Å². The summed E-state index contributed by atoms with van der Waals surface area (Å²) in [6.45, 7) is -0.211. The third kappa shape index (κ3) is 3.85. The second kappa shape index (κ2) is 7.13. The molecule has 0 aromatic heterocycles. The van der Waals surface area contributed by atoms with E-state index < -0.39 is 0 Å². The summed E-state index contributed by atoms with van der Waals surface area (Å²) >= 11 is 0. The number of carbonyl (C=O) groups excluding carboxylic acids is 1. The van der Waals surface area contributed by atoms with E-state index in [1.54, 1.807) is 42.5 Å². The van der Waals surface area contributed by atoms with Crippen LogP contribution in [0.25, 0.3) is 0 Å². The van der Waals surface area contributed by atoms with Crippen molar-refractivity contribution in [3.63, 3.8) is 0 Å². The van der Waals surface area contributed by atoms with Gasteiger partial charge in [0, 0.05) is 11.1 Å². The smallest absolute Gasteiger partial charge is 0.255 e. The van der Waals surface area contributed by atoms with E-state index in [-0.39, 0.29) is 12.5 Å². The van der Waals surface area contributed by atoms with Gasteiger partial charge in [-0.25, -0.2) is 0 Å². The topological polar surface area (TPSA) is 58.6 Å². The zero-order valence-corrected chi connectivity index (χ0v) is 11.6. The molecule has 0 spiro atoms. The number of hydrogen-bond acceptors (Lipinski definition) is 3. The predicted molar refractivity (Wildman–Crippen MR) is 81.4 cm³/mol. The predicted octanol–water partition coefficient (Wildman–Crippen LogP) is 2.29. The summed E-state index contributed by atoms with van der Waals surface area (Å²) in [5.74, 6) is 5.69. The average Bonchev–Trinajstić information content (AvgIpc) is 2.54. The molecule has 21 heavy (non-hydrogen) atoms. The summed E-state index contributed by atoms with van der Waals surface area (Å²) in [7, 11) is 1.53. The van der Waals surface area contributed by atoms with Crippen LogP contribution in [0.1, 0.15) is 15.9 Å². The third-order valence-corrected chi connectivity index (χ3v) is 2.80. The normalized spacial score (nSPS) is 9.43. The van der Waals surface area contributed by atoms with Crippen molar-refractivity contribution in [2.75, 3.05) is 19.0 Å². The number of methoxy groups -OCH3 is 1. The van der Waals surface area contributed by atoms with Crippen LogP contribution in [-0.4, -0.2) is 24.7 Å². The highest BCUT2D eigenvalue weighted by Crippen LogP contribution is 2.25. The van der Waals surface area contributed by atoms with Crippen molar-refractivity contribution < 1.29 is 14.6 Å². The Morgan fingerprint density at radius 3 is 2.67 bits per heavy atom. The van der Waals surface area contributed by atoms with Gasteiger partial charge in [-0.1, -0.05) is 30.0 Å². The van der Waals surface area contributed by atoms with Crippen molar-refractivity contribution in [1.82, 2.24) is 0 Å². The van der Waals surface area contributed by atoms with E-state index in [0.29, 0.717) is 22.6 Å². The lowest BCUT2D eigenvalue weighted by atomic mass is 10.1. The summed E-state index contributed by atoms with van der Waals surface area (Å²) in [5, 5.41) is 11.5. The van der Waals surface area contributed by atoms with Gasteiger partial charge in [-0.2, -0.15) is 0 Å². The summed E-state index contributed by atoms with van der Waals surface area (Å²) in [4.78, 5) is 12.2. The molecule has 2 N–H and O–H groups in total. The molecule has 0 fully saturated rings. The highest BCUT2D eigenvalue weighted by atomic mass is 16.5. The van der Waals surface area contributed by atoms with Crippen molar-refractivity contribution in [3.8, 4) is 17.6 Å². The molecule has 0 aliphatic heterocycles. The lowest BCUT2D eigenvalue weighted by molar-refractivity contribution is 0.102. The molecule has 4 nitrogen and oxygen atoms in total. The zero-order chi connectivity index (χ0) is 15.1. The van der Waals surface area contributed by atoms with Crippen molar-refractivity contribution in [2.45, 2.75) is 0 Å². The first-order valence-electron chi connectivity index (χ1n) is 6.38. The van der Waals surface area contributed by atoms with Crippen LogP contribution in [-0.2, 0) is 0 Å². The first kappa shape index (κ1) is 14.6. The lowest BCUT2D eigenvalue weighted by Gasteiger charge is -2.10. The molecule has 0 bridgehead atoms. The fourth-order valence-corrected chi connectivity index (χ4v) is 1.81. The molecule has 0 saturated heterocycles. The molecule has 2 aromatic carbocycles. The Morgan fingerprint density at radius 1 is 1.24 bits per heavy atom. The van der Waals surface area contributed by atoms with Gasteiger partial charge >= 0.3 is 0 Å². The molecule has 2 rings (SSSR count). The molecule has 0 aliphatic carbocycles. The van der Waals surface area contributed by atoms with E-state index in [1.807, 2.05) is 6.07 Å². The van der Waals surface area contributed by atoms with Crippen LogP contribution in [0.2, 0.25) is 0 Å². The molecular weight excluding hydrogens is 266 g/mol. The minimum atomic E-state index is -0.221. The second-order valence-corrected chi connectivity index (χ2v) is 4.20. The van der Waals surface area contributed by atoms with Crippen molar-refractivity contribution in [2.24, 2.45) is 0 Å². The Kier molecular flexibility index (Phi) is 4.97. The summed E-state index contributed by atoms with van der Waals surface area (Å²) in [5.41, 5.74) is 1.79. The molecule has 0 heterocycles. The van der Waals surface area contributed by atoms with Crippen LogP contribution in [0.4, 0.5) is 5.69 Å². The number of rotatable bonds is 3. The molecule has 0 radical (unpaired) electrons. The number of benzene rings is 2. The first-order valence-corrected chi connectivity index (χ1v) is 6.38. The molecule has 0 atom stereocenters. The first-order chi connectivity index (χ1) is 10.2. The number of carbonyl (C=O) groups is 1. The molecule has 4 heteroatoms. The van der Waals surface area contributed by atoms with Crippen molar-refractivity contribution in [1.29, 1.82) is 0 Å². The average molecular weight is 281 g/mol. The number of nitrogens with one attached hydrogen (secondary N) is 1. The largest absolute Gasteiger partial charge is 0.495 e. The van der Waals surface area contributed by atoms with Crippen LogP contribution < -0.4 is 10.1 Å². The Balaban J connectivity index is 2.27.